The van der Waals surface area contributed by atoms with Crippen LogP contribution in [-0.2, 0) is 6.42 Å². The van der Waals surface area contributed by atoms with Crippen molar-refractivity contribution in [3.63, 3.8) is 0 Å². The van der Waals surface area contributed by atoms with Crippen molar-refractivity contribution in [3.8, 4) is 0 Å². The zero-order chi connectivity index (χ0) is 18.8. The second-order valence-corrected chi connectivity index (χ2v) is 6.12. The first-order chi connectivity index (χ1) is 13.1. The highest BCUT2D eigenvalue weighted by Crippen LogP contribution is 2.11. The lowest BCUT2D eigenvalue weighted by Gasteiger charge is -2.05. The zero-order valence-corrected chi connectivity index (χ0v) is 14.2. The largest absolute Gasteiger partial charge is 0.342 e. The Hall–Kier alpha value is -3.87. The number of benzene rings is 2. The molecule has 0 spiro atoms. The number of hydrogen-bond donors (Lipinski definition) is 3. The molecule has 4 aromatic rings. The fourth-order valence-electron chi connectivity index (χ4n) is 2.95. The van der Waals surface area contributed by atoms with Gasteiger partial charge in [-0.3, -0.25) is 19.5 Å². The van der Waals surface area contributed by atoms with E-state index < -0.39 is 17.0 Å². The smallest absolute Gasteiger partial charge is 0.279 e. The highest BCUT2D eigenvalue weighted by atomic mass is 16.2. The van der Waals surface area contributed by atoms with Crippen LogP contribution in [0.5, 0.6) is 0 Å². The van der Waals surface area contributed by atoms with Gasteiger partial charge in [0.15, 0.2) is 5.65 Å². The lowest BCUT2D eigenvalue weighted by molar-refractivity contribution is 0.102. The Bertz CT molecular complexity index is 1220. The van der Waals surface area contributed by atoms with Crippen molar-refractivity contribution in [2.24, 2.45) is 0 Å². The van der Waals surface area contributed by atoms with E-state index in [1.54, 1.807) is 24.3 Å². The molecule has 3 N–H and O–H groups in total. The highest BCUT2D eigenvalue weighted by Gasteiger charge is 2.20. The number of carbonyl (C=O) groups is 1. The summed E-state index contributed by atoms with van der Waals surface area (Å²) < 4.78 is 1.05. The average Bonchev–Trinajstić information content (AvgIpc) is 3.00. The Morgan fingerprint density at radius 3 is 2.33 bits per heavy atom. The molecule has 0 aliphatic carbocycles. The van der Waals surface area contributed by atoms with Crippen LogP contribution in [0.4, 0.5) is 5.69 Å². The van der Waals surface area contributed by atoms with E-state index >= 15 is 0 Å². The maximum atomic E-state index is 12.6. The summed E-state index contributed by atoms with van der Waals surface area (Å²) in [6.45, 7) is 0. The minimum atomic E-state index is -0.631. The molecule has 0 radical (unpaired) electrons. The van der Waals surface area contributed by atoms with E-state index in [1.807, 2.05) is 36.4 Å². The van der Waals surface area contributed by atoms with Crippen LogP contribution in [0.25, 0.3) is 5.65 Å². The van der Waals surface area contributed by atoms with Crippen LogP contribution in [0.15, 0.2) is 76.3 Å². The van der Waals surface area contributed by atoms with E-state index in [2.05, 4.69) is 15.4 Å². The van der Waals surface area contributed by atoms with Crippen molar-refractivity contribution in [1.82, 2.24) is 14.6 Å². The minimum absolute atomic E-state index is 0.133. The lowest BCUT2D eigenvalue weighted by atomic mass is 10.1. The first-order valence-electron chi connectivity index (χ1n) is 8.39. The summed E-state index contributed by atoms with van der Waals surface area (Å²) in [6, 6.07) is 19.8. The van der Waals surface area contributed by atoms with Crippen molar-refractivity contribution in [3.05, 3.63) is 104 Å². The molecule has 0 fully saturated rings. The third kappa shape index (κ3) is 3.30. The Morgan fingerprint density at radius 1 is 0.963 bits per heavy atom. The monoisotopic (exact) mass is 360 g/mol. The maximum absolute atomic E-state index is 12.6. The zero-order valence-electron chi connectivity index (χ0n) is 14.2. The third-order valence-corrected chi connectivity index (χ3v) is 4.19. The molecule has 0 aliphatic rings. The molecule has 0 unspecified atom stereocenters. The molecule has 4 rings (SSSR count). The number of amides is 1. The second-order valence-electron chi connectivity index (χ2n) is 6.12. The maximum Gasteiger partial charge on any atom is 0.279 e. The number of fused-ring (bicyclic) bond motifs is 1. The highest BCUT2D eigenvalue weighted by molar-refractivity contribution is 6.08. The summed E-state index contributed by atoms with van der Waals surface area (Å²) in [6.07, 6.45) is 0.478. The van der Waals surface area contributed by atoms with Crippen LogP contribution >= 0.6 is 0 Å². The normalized spacial score (nSPS) is 10.8. The molecular formula is C20H16N4O3. The van der Waals surface area contributed by atoms with E-state index in [1.165, 1.54) is 6.07 Å². The molecular weight excluding hydrogens is 344 g/mol. The molecule has 27 heavy (non-hydrogen) atoms. The molecule has 7 heteroatoms. The summed E-state index contributed by atoms with van der Waals surface area (Å²) >= 11 is 0. The quantitative estimate of drug-likeness (QED) is 0.520. The fourth-order valence-corrected chi connectivity index (χ4v) is 2.95. The van der Waals surface area contributed by atoms with E-state index in [9.17, 15) is 14.4 Å². The van der Waals surface area contributed by atoms with Gasteiger partial charge in [0, 0.05) is 23.9 Å². The van der Waals surface area contributed by atoms with Crippen molar-refractivity contribution < 1.29 is 4.79 Å². The van der Waals surface area contributed by atoms with Gasteiger partial charge in [-0.25, -0.2) is 0 Å². The summed E-state index contributed by atoms with van der Waals surface area (Å²) in [5.41, 5.74) is 1.14. The van der Waals surface area contributed by atoms with E-state index in [0.717, 1.165) is 10.1 Å². The number of para-hydroxylation sites is 1. The first kappa shape index (κ1) is 16.6. The summed E-state index contributed by atoms with van der Waals surface area (Å²) in [7, 11) is 0. The Balaban J connectivity index is 1.76. The minimum Gasteiger partial charge on any atom is -0.342 e. The molecule has 134 valence electrons. The summed E-state index contributed by atoms with van der Waals surface area (Å²) in [5.74, 6) is -0.586. The number of nitrogens with zero attached hydrogens (tertiary/aromatic N) is 1. The predicted octanol–water partition coefficient (Wildman–Crippen LogP) is 2.16. The van der Waals surface area contributed by atoms with E-state index in [4.69, 9.17) is 0 Å². The first-order valence-corrected chi connectivity index (χ1v) is 8.39. The third-order valence-electron chi connectivity index (χ3n) is 4.19. The van der Waals surface area contributed by atoms with Crippen molar-refractivity contribution >= 4 is 17.2 Å². The van der Waals surface area contributed by atoms with Gasteiger partial charge in [-0.1, -0.05) is 48.5 Å². The topological polar surface area (TPSA) is 99.2 Å². The number of aromatic amines is 2. The van der Waals surface area contributed by atoms with Gasteiger partial charge in [-0.05, 0) is 17.7 Å². The molecule has 2 aromatic heterocycles. The Morgan fingerprint density at radius 2 is 1.63 bits per heavy atom. The molecule has 2 aromatic carbocycles. The van der Waals surface area contributed by atoms with Gasteiger partial charge in [0.1, 0.15) is 5.56 Å². The molecule has 0 atom stereocenters. The molecule has 0 saturated heterocycles. The second kappa shape index (κ2) is 6.80. The van der Waals surface area contributed by atoms with Gasteiger partial charge in [-0.2, -0.15) is 4.52 Å². The summed E-state index contributed by atoms with van der Waals surface area (Å²) in [5, 5.41) is 5.08. The van der Waals surface area contributed by atoms with Crippen LogP contribution in [0, 0.1) is 0 Å². The number of carbonyl (C=O) groups excluding carboxylic acids is 1. The van der Waals surface area contributed by atoms with Crippen molar-refractivity contribution in [2.45, 2.75) is 6.42 Å². The Kier molecular flexibility index (Phi) is 4.18. The van der Waals surface area contributed by atoms with Crippen molar-refractivity contribution in [1.29, 1.82) is 0 Å². The Labute approximate surface area is 153 Å². The molecule has 0 saturated carbocycles. The number of H-pyrrole nitrogens is 2. The number of rotatable bonds is 4. The summed E-state index contributed by atoms with van der Waals surface area (Å²) in [4.78, 5) is 40.3. The number of hydrogen-bond acceptors (Lipinski definition) is 3. The van der Waals surface area contributed by atoms with Crippen LogP contribution in [-0.4, -0.2) is 20.5 Å². The van der Waals surface area contributed by atoms with Crippen LogP contribution < -0.4 is 16.4 Å². The molecule has 7 nitrogen and oxygen atoms in total. The number of anilines is 1. The van der Waals surface area contributed by atoms with Crippen LogP contribution in [0.2, 0.25) is 0 Å². The van der Waals surface area contributed by atoms with Crippen LogP contribution in [0.1, 0.15) is 21.6 Å². The van der Waals surface area contributed by atoms with Gasteiger partial charge in [0.05, 0.1) is 0 Å². The van der Waals surface area contributed by atoms with Crippen molar-refractivity contribution in [2.75, 3.05) is 5.32 Å². The van der Waals surface area contributed by atoms with Gasteiger partial charge >= 0.3 is 0 Å². The van der Waals surface area contributed by atoms with E-state index in [0.29, 0.717) is 17.8 Å². The fraction of sp³-hybridized carbons (Fsp3) is 0.0500. The van der Waals surface area contributed by atoms with E-state index in [-0.39, 0.29) is 11.2 Å². The SMILES string of the molecule is O=C(Nc1ccccc1)c1c(=O)[nH]n2c(=O)cc(Cc3ccccc3)[nH]c12. The lowest BCUT2D eigenvalue weighted by Crippen LogP contribution is -2.20. The predicted molar refractivity (Wildman–Crippen MR) is 102 cm³/mol. The number of aromatic nitrogens is 3. The standard InChI is InChI=1S/C20H16N4O3/c25-16-12-15(11-13-7-3-1-4-8-13)21-18-17(20(27)23-24(16)18)19(26)22-14-9-5-2-6-10-14/h1-10,12,21H,11H2,(H,22,26)(H,23,27). The van der Waals surface area contributed by atoms with Crippen LogP contribution in [0.3, 0.4) is 0 Å². The molecule has 1 amide bonds. The van der Waals surface area contributed by atoms with Gasteiger partial charge in [0.2, 0.25) is 0 Å². The molecule has 0 bridgehead atoms. The van der Waals surface area contributed by atoms with Gasteiger partial charge < -0.3 is 10.3 Å². The average molecular weight is 360 g/mol. The van der Waals surface area contributed by atoms with Gasteiger partial charge in [-0.15, -0.1) is 0 Å². The molecule has 2 heterocycles. The van der Waals surface area contributed by atoms with Gasteiger partial charge in [0.25, 0.3) is 17.0 Å². The number of nitrogens with one attached hydrogen (secondary N) is 3. The molecule has 0 aliphatic heterocycles.